The zero-order chi connectivity index (χ0) is 14.9. The van der Waals surface area contributed by atoms with Crippen LogP contribution in [0.2, 0.25) is 0 Å². The highest BCUT2D eigenvalue weighted by molar-refractivity contribution is 7.90. The molecule has 2 rings (SSSR count). The van der Waals surface area contributed by atoms with Gasteiger partial charge in [0.05, 0.1) is 4.90 Å². The number of hydrogen-bond acceptors (Lipinski definition) is 6. The molecule has 0 aliphatic carbocycles. The first-order valence-corrected chi connectivity index (χ1v) is 8.31. The van der Waals surface area contributed by atoms with Crippen LogP contribution in [0.25, 0.3) is 0 Å². The van der Waals surface area contributed by atoms with Gasteiger partial charge in [0.25, 0.3) is 5.91 Å². The van der Waals surface area contributed by atoms with Crippen molar-refractivity contribution in [2.45, 2.75) is 11.8 Å². The van der Waals surface area contributed by atoms with Crippen LogP contribution in [0.1, 0.15) is 15.2 Å². The van der Waals surface area contributed by atoms with E-state index in [0.717, 1.165) is 11.1 Å². The number of sulfone groups is 1. The van der Waals surface area contributed by atoms with Gasteiger partial charge in [-0.2, -0.15) is 0 Å². The summed E-state index contributed by atoms with van der Waals surface area (Å²) in [5.41, 5.74) is 6.03. The number of thiazole rings is 1. The first-order chi connectivity index (χ1) is 9.25. The number of nitrogen functional groups attached to an aromatic ring is 1. The van der Waals surface area contributed by atoms with Crippen LogP contribution in [0.5, 0.6) is 0 Å². The third-order valence-corrected chi connectivity index (χ3v) is 4.38. The Balaban J connectivity index is 2.33. The summed E-state index contributed by atoms with van der Waals surface area (Å²) in [4.78, 5) is 17.0. The largest absolute Gasteiger partial charge is 0.399 e. The van der Waals surface area contributed by atoms with Crippen molar-refractivity contribution in [2.24, 2.45) is 0 Å². The normalized spacial score (nSPS) is 11.3. The molecule has 20 heavy (non-hydrogen) atoms. The molecule has 1 aromatic heterocycles. The van der Waals surface area contributed by atoms with Gasteiger partial charge in [-0.15, -0.1) is 11.3 Å². The Morgan fingerprint density at radius 1 is 1.35 bits per heavy atom. The van der Waals surface area contributed by atoms with Gasteiger partial charge in [0.2, 0.25) is 0 Å². The first-order valence-electron chi connectivity index (χ1n) is 5.60. The lowest BCUT2D eigenvalue weighted by Crippen LogP contribution is -2.13. The van der Waals surface area contributed by atoms with E-state index < -0.39 is 15.7 Å². The highest BCUT2D eigenvalue weighted by Crippen LogP contribution is 2.20. The van der Waals surface area contributed by atoms with E-state index in [1.54, 1.807) is 6.20 Å². The van der Waals surface area contributed by atoms with Crippen molar-refractivity contribution >= 4 is 37.9 Å². The van der Waals surface area contributed by atoms with E-state index in [-0.39, 0.29) is 16.1 Å². The minimum atomic E-state index is -3.42. The fraction of sp³-hybridized carbons (Fsp3) is 0.167. The number of nitrogens with one attached hydrogen (secondary N) is 1. The fourth-order valence-corrected chi connectivity index (χ4v) is 2.90. The summed E-state index contributed by atoms with van der Waals surface area (Å²) in [5.74, 6) is -0.448. The number of rotatable bonds is 3. The van der Waals surface area contributed by atoms with Gasteiger partial charge in [-0.1, -0.05) is 0 Å². The molecular formula is C12H13N3O3S2. The Hall–Kier alpha value is -1.93. The smallest absolute Gasteiger partial charge is 0.257 e. The van der Waals surface area contributed by atoms with E-state index in [1.807, 2.05) is 6.92 Å². The number of carbonyl (C=O) groups is 1. The molecule has 0 unspecified atom stereocenters. The standard InChI is InChI=1S/C12H13N3O3S2/c1-7-6-14-12(19-7)15-11(16)8-3-9(13)5-10(4-8)20(2,17)18/h3-6H,13H2,1-2H3,(H,14,15,16). The summed E-state index contributed by atoms with van der Waals surface area (Å²) in [5, 5.41) is 3.06. The van der Waals surface area contributed by atoms with Crippen molar-refractivity contribution in [1.29, 1.82) is 0 Å². The Kier molecular flexibility index (Phi) is 3.78. The van der Waals surface area contributed by atoms with E-state index in [0.29, 0.717) is 5.13 Å². The SMILES string of the molecule is Cc1cnc(NC(=O)c2cc(N)cc(S(C)(=O)=O)c2)s1. The molecule has 0 fully saturated rings. The Morgan fingerprint density at radius 3 is 2.60 bits per heavy atom. The number of anilines is 2. The molecule has 3 N–H and O–H groups in total. The monoisotopic (exact) mass is 311 g/mol. The van der Waals surface area contributed by atoms with Gasteiger partial charge >= 0.3 is 0 Å². The lowest BCUT2D eigenvalue weighted by molar-refractivity contribution is 0.102. The van der Waals surface area contributed by atoms with Crippen LogP contribution in [0, 0.1) is 6.92 Å². The number of nitrogens with zero attached hydrogens (tertiary/aromatic N) is 1. The highest BCUT2D eigenvalue weighted by Gasteiger charge is 2.14. The molecule has 0 saturated heterocycles. The summed E-state index contributed by atoms with van der Waals surface area (Å²) in [6, 6.07) is 4.03. The number of aromatic nitrogens is 1. The average molecular weight is 311 g/mol. The molecule has 0 aliphatic heterocycles. The predicted octanol–water partition coefficient (Wildman–Crippen LogP) is 1.69. The predicted molar refractivity (Wildman–Crippen MR) is 78.8 cm³/mol. The molecule has 106 valence electrons. The van der Waals surface area contributed by atoms with Gasteiger partial charge in [-0.25, -0.2) is 13.4 Å². The van der Waals surface area contributed by atoms with Crippen molar-refractivity contribution < 1.29 is 13.2 Å². The molecule has 1 amide bonds. The van der Waals surface area contributed by atoms with Crippen LogP contribution in [0.15, 0.2) is 29.3 Å². The molecular weight excluding hydrogens is 298 g/mol. The lowest BCUT2D eigenvalue weighted by Gasteiger charge is -2.06. The van der Waals surface area contributed by atoms with Crippen molar-refractivity contribution in [3.8, 4) is 0 Å². The second-order valence-electron chi connectivity index (χ2n) is 4.29. The van der Waals surface area contributed by atoms with Crippen LogP contribution in [0.3, 0.4) is 0 Å². The third kappa shape index (κ3) is 3.34. The maximum atomic E-state index is 12.1. The maximum Gasteiger partial charge on any atom is 0.257 e. The number of benzene rings is 1. The Labute approximate surface area is 120 Å². The topological polar surface area (TPSA) is 102 Å². The second-order valence-corrected chi connectivity index (χ2v) is 7.54. The number of aryl methyl sites for hydroxylation is 1. The van der Waals surface area contributed by atoms with E-state index >= 15 is 0 Å². The van der Waals surface area contributed by atoms with E-state index in [4.69, 9.17) is 5.73 Å². The minimum Gasteiger partial charge on any atom is -0.399 e. The maximum absolute atomic E-state index is 12.1. The van der Waals surface area contributed by atoms with Crippen LogP contribution in [0.4, 0.5) is 10.8 Å². The summed E-state index contributed by atoms with van der Waals surface area (Å²) < 4.78 is 23.0. The van der Waals surface area contributed by atoms with Crippen molar-refractivity contribution in [1.82, 2.24) is 4.98 Å². The molecule has 0 radical (unpaired) electrons. The van der Waals surface area contributed by atoms with E-state index in [2.05, 4.69) is 10.3 Å². The summed E-state index contributed by atoms with van der Waals surface area (Å²) in [7, 11) is -3.42. The number of carbonyl (C=O) groups excluding carboxylic acids is 1. The molecule has 1 heterocycles. The molecule has 0 spiro atoms. The van der Waals surface area contributed by atoms with Crippen molar-refractivity contribution in [2.75, 3.05) is 17.3 Å². The first kappa shape index (κ1) is 14.5. The van der Waals surface area contributed by atoms with E-state index in [1.165, 1.54) is 29.5 Å². The van der Waals surface area contributed by atoms with Gasteiger partial charge in [0, 0.05) is 28.6 Å². The number of hydrogen-bond donors (Lipinski definition) is 2. The molecule has 8 heteroatoms. The zero-order valence-corrected chi connectivity index (χ0v) is 12.5. The number of nitrogens with two attached hydrogens (primary N) is 1. The quantitative estimate of drug-likeness (QED) is 0.840. The summed E-state index contributed by atoms with van der Waals surface area (Å²) >= 11 is 1.33. The molecule has 0 bridgehead atoms. The number of amides is 1. The molecule has 0 saturated carbocycles. The molecule has 0 atom stereocenters. The second kappa shape index (κ2) is 5.22. The van der Waals surface area contributed by atoms with Gasteiger partial charge in [0.1, 0.15) is 0 Å². The van der Waals surface area contributed by atoms with Crippen LogP contribution < -0.4 is 11.1 Å². The van der Waals surface area contributed by atoms with Crippen molar-refractivity contribution in [3.63, 3.8) is 0 Å². The minimum absolute atomic E-state index is 0.0120. The molecule has 2 aromatic rings. The van der Waals surface area contributed by atoms with E-state index in [9.17, 15) is 13.2 Å². The summed E-state index contributed by atoms with van der Waals surface area (Å²) in [6.45, 7) is 1.87. The summed E-state index contributed by atoms with van der Waals surface area (Å²) in [6.07, 6.45) is 2.70. The van der Waals surface area contributed by atoms with Crippen molar-refractivity contribution in [3.05, 3.63) is 34.8 Å². The molecule has 0 aliphatic rings. The van der Waals surface area contributed by atoms with Crippen LogP contribution in [-0.4, -0.2) is 25.6 Å². The highest BCUT2D eigenvalue weighted by atomic mass is 32.2. The fourth-order valence-electron chi connectivity index (χ4n) is 1.55. The van der Waals surface area contributed by atoms with Gasteiger partial charge in [-0.3, -0.25) is 10.1 Å². The molecule has 6 nitrogen and oxygen atoms in total. The van der Waals surface area contributed by atoms with Gasteiger partial charge in [-0.05, 0) is 25.1 Å². The average Bonchev–Trinajstić information content (AvgIpc) is 2.72. The lowest BCUT2D eigenvalue weighted by atomic mass is 10.2. The third-order valence-electron chi connectivity index (χ3n) is 2.46. The van der Waals surface area contributed by atoms with Gasteiger partial charge < -0.3 is 5.73 Å². The Morgan fingerprint density at radius 2 is 2.05 bits per heavy atom. The van der Waals surface area contributed by atoms with Crippen LogP contribution in [-0.2, 0) is 9.84 Å². The van der Waals surface area contributed by atoms with Crippen LogP contribution >= 0.6 is 11.3 Å². The van der Waals surface area contributed by atoms with Gasteiger partial charge in [0.15, 0.2) is 15.0 Å². The Bertz CT molecular complexity index is 766. The molecule has 1 aromatic carbocycles. The zero-order valence-electron chi connectivity index (χ0n) is 10.9.